The molecule has 96 valence electrons. The van der Waals surface area contributed by atoms with Gasteiger partial charge in [0, 0.05) is 12.1 Å². The highest BCUT2D eigenvalue weighted by atomic mass is 19.3. The van der Waals surface area contributed by atoms with E-state index in [1.807, 2.05) is 0 Å². The molecule has 0 N–H and O–H groups in total. The van der Waals surface area contributed by atoms with Crippen LogP contribution in [-0.2, 0) is 0 Å². The van der Waals surface area contributed by atoms with Gasteiger partial charge in [-0.2, -0.15) is 8.78 Å². The van der Waals surface area contributed by atoms with Gasteiger partial charge in [0.15, 0.2) is 0 Å². The third-order valence-corrected chi connectivity index (χ3v) is 3.76. The first-order valence-corrected chi connectivity index (χ1v) is 6.43. The van der Waals surface area contributed by atoms with E-state index >= 15 is 0 Å². The van der Waals surface area contributed by atoms with Gasteiger partial charge in [0.25, 0.3) is 5.92 Å². The van der Waals surface area contributed by atoms with Crippen molar-refractivity contribution in [3.63, 3.8) is 0 Å². The molecule has 1 aliphatic carbocycles. The molecule has 2 aliphatic rings. The molecule has 0 fully saturated rings. The molecule has 1 nitrogen and oxygen atoms in total. The first kappa shape index (κ1) is 12.7. The number of nitrogens with zero attached hydrogens (tertiary/aromatic N) is 1. The first-order valence-electron chi connectivity index (χ1n) is 6.43. The molecule has 0 aromatic rings. The van der Waals surface area contributed by atoms with E-state index in [2.05, 4.69) is 13.8 Å². The minimum atomic E-state index is -2.67. The molecule has 1 atom stereocenters. The molecule has 0 spiro atoms. The van der Waals surface area contributed by atoms with Crippen molar-refractivity contribution in [2.75, 3.05) is 20.1 Å². The maximum atomic E-state index is 14.0. The summed E-state index contributed by atoms with van der Waals surface area (Å²) in [5.41, 5.74) is 2.46. The Morgan fingerprint density at radius 1 is 1.47 bits per heavy atom. The third kappa shape index (κ3) is 2.44. The molecule has 0 radical (unpaired) electrons. The van der Waals surface area contributed by atoms with Crippen LogP contribution < -0.4 is 0 Å². The zero-order chi connectivity index (χ0) is 12.6. The van der Waals surface area contributed by atoms with Crippen LogP contribution in [0.3, 0.4) is 0 Å². The Kier molecular flexibility index (Phi) is 3.39. The summed E-state index contributed by atoms with van der Waals surface area (Å²) in [6.07, 6.45) is 4.58. The number of rotatable bonds is 2. The molecule has 2 rings (SSSR count). The molecule has 1 unspecified atom stereocenters. The molecule has 0 amide bonds. The fourth-order valence-electron chi connectivity index (χ4n) is 2.97. The molecule has 1 heterocycles. The molecule has 0 bridgehead atoms. The van der Waals surface area contributed by atoms with E-state index in [0.717, 1.165) is 24.8 Å². The standard InChI is InChI=1S/C14H21F2N/c1-4-5-11-7-13-12(6-10(11)2)8-17(3)9-14(13,15)16/h7,10H,4-6,8-9H2,1-3H3. The van der Waals surface area contributed by atoms with E-state index in [4.69, 9.17) is 0 Å². The second-order valence-corrected chi connectivity index (χ2v) is 5.47. The van der Waals surface area contributed by atoms with Crippen LogP contribution >= 0.6 is 0 Å². The van der Waals surface area contributed by atoms with Gasteiger partial charge in [0.1, 0.15) is 0 Å². The summed E-state index contributed by atoms with van der Waals surface area (Å²) in [4.78, 5) is 1.73. The SMILES string of the molecule is CCCC1=CC2=C(CC1C)CN(C)CC2(F)F. The van der Waals surface area contributed by atoms with E-state index in [-0.39, 0.29) is 6.54 Å². The number of hydrogen-bond acceptors (Lipinski definition) is 1. The number of likely N-dealkylation sites (N-methyl/N-ethyl adjacent to an activating group) is 1. The minimum absolute atomic E-state index is 0.143. The summed E-state index contributed by atoms with van der Waals surface area (Å²) >= 11 is 0. The minimum Gasteiger partial charge on any atom is -0.296 e. The molecule has 3 heteroatoms. The maximum Gasteiger partial charge on any atom is 0.285 e. The molecular formula is C14H21F2N. The topological polar surface area (TPSA) is 3.24 Å². The van der Waals surface area contributed by atoms with E-state index in [1.54, 1.807) is 18.0 Å². The molecule has 17 heavy (non-hydrogen) atoms. The van der Waals surface area contributed by atoms with Gasteiger partial charge in [-0.15, -0.1) is 0 Å². The third-order valence-electron chi connectivity index (χ3n) is 3.76. The zero-order valence-corrected chi connectivity index (χ0v) is 10.9. The number of allylic oxidation sites excluding steroid dienone is 2. The fourth-order valence-corrected chi connectivity index (χ4v) is 2.97. The molecule has 0 saturated carbocycles. The lowest BCUT2D eigenvalue weighted by Gasteiger charge is -2.37. The molecular weight excluding hydrogens is 220 g/mol. The highest BCUT2D eigenvalue weighted by molar-refractivity contribution is 5.42. The van der Waals surface area contributed by atoms with Crippen molar-refractivity contribution >= 4 is 0 Å². The van der Waals surface area contributed by atoms with Crippen LogP contribution in [0.25, 0.3) is 0 Å². The van der Waals surface area contributed by atoms with Gasteiger partial charge >= 0.3 is 0 Å². The average Bonchev–Trinajstić information content (AvgIpc) is 2.19. The van der Waals surface area contributed by atoms with Gasteiger partial charge in [-0.25, -0.2) is 0 Å². The van der Waals surface area contributed by atoms with Crippen molar-refractivity contribution in [3.05, 3.63) is 22.8 Å². The lowest BCUT2D eigenvalue weighted by molar-refractivity contribution is 0.00265. The van der Waals surface area contributed by atoms with Crippen LogP contribution in [0, 0.1) is 5.92 Å². The van der Waals surface area contributed by atoms with Gasteiger partial charge < -0.3 is 0 Å². The summed E-state index contributed by atoms with van der Waals surface area (Å²) in [5.74, 6) is -2.24. The molecule has 1 aliphatic heterocycles. The van der Waals surface area contributed by atoms with E-state index in [0.29, 0.717) is 18.0 Å². The molecule has 0 aromatic heterocycles. The highest BCUT2D eigenvalue weighted by Crippen LogP contribution is 2.41. The van der Waals surface area contributed by atoms with Gasteiger partial charge in [0.2, 0.25) is 0 Å². The Hall–Kier alpha value is -0.700. The fraction of sp³-hybridized carbons (Fsp3) is 0.714. The first-order chi connectivity index (χ1) is 7.94. The van der Waals surface area contributed by atoms with Crippen LogP contribution in [0.4, 0.5) is 8.78 Å². The van der Waals surface area contributed by atoms with Gasteiger partial charge in [-0.05, 0) is 31.4 Å². The quantitative estimate of drug-likeness (QED) is 0.713. The van der Waals surface area contributed by atoms with Gasteiger partial charge in [-0.1, -0.05) is 31.9 Å². The van der Waals surface area contributed by atoms with Crippen LogP contribution in [0.2, 0.25) is 0 Å². The van der Waals surface area contributed by atoms with Crippen LogP contribution in [0.1, 0.15) is 33.1 Å². The Balaban J connectivity index is 2.35. The van der Waals surface area contributed by atoms with E-state index in [1.165, 1.54) is 5.57 Å². The number of hydrogen-bond donors (Lipinski definition) is 0. The highest BCUT2D eigenvalue weighted by Gasteiger charge is 2.41. The zero-order valence-electron chi connectivity index (χ0n) is 10.9. The monoisotopic (exact) mass is 241 g/mol. The summed E-state index contributed by atoms with van der Waals surface area (Å²) in [7, 11) is 1.77. The Morgan fingerprint density at radius 3 is 2.82 bits per heavy atom. The molecule has 0 saturated heterocycles. The smallest absolute Gasteiger partial charge is 0.285 e. The largest absolute Gasteiger partial charge is 0.296 e. The average molecular weight is 241 g/mol. The summed E-state index contributed by atoms with van der Waals surface area (Å²) in [6.45, 7) is 4.81. The molecule has 0 aromatic carbocycles. The normalized spacial score (nSPS) is 29.0. The van der Waals surface area contributed by atoms with Gasteiger partial charge in [0.05, 0.1) is 6.54 Å². The van der Waals surface area contributed by atoms with Crippen LogP contribution in [-0.4, -0.2) is 31.0 Å². The van der Waals surface area contributed by atoms with Crippen molar-refractivity contribution in [1.82, 2.24) is 4.90 Å². The Labute approximate surface area is 102 Å². The Bertz CT molecular complexity index is 368. The van der Waals surface area contributed by atoms with E-state index < -0.39 is 5.92 Å². The van der Waals surface area contributed by atoms with Crippen molar-refractivity contribution in [2.45, 2.75) is 39.0 Å². The van der Waals surface area contributed by atoms with Crippen molar-refractivity contribution in [1.29, 1.82) is 0 Å². The Morgan fingerprint density at radius 2 is 2.18 bits per heavy atom. The van der Waals surface area contributed by atoms with E-state index in [9.17, 15) is 8.78 Å². The second-order valence-electron chi connectivity index (χ2n) is 5.47. The van der Waals surface area contributed by atoms with Crippen molar-refractivity contribution in [2.24, 2.45) is 5.92 Å². The summed E-state index contributed by atoms with van der Waals surface area (Å²) in [5, 5.41) is 0. The van der Waals surface area contributed by atoms with Crippen molar-refractivity contribution < 1.29 is 8.78 Å². The predicted molar refractivity (Wildman–Crippen MR) is 66.2 cm³/mol. The summed E-state index contributed by atoms with van der Waals surface area (Å²) < 4.78 is 28.0. The van der Waals surface area contributed by atoms with Crippen LogP contribution in [0.5, 0.6) is 0 Å². The number of alkyl halides is 2. The summed E-state index contributed by atoms with van der Waals surface area (Å²) in [6, 6.07) is 0. The number of halogens is 2. The van der Waals surface area contributed by atoms with Crippen LogP contribution in [0.15, 0.2) is 22.8 Å². The maximum absolute atomic E-state index is 14.0. The lowest BCUT2D eigenvalue weighted by Crippen LogP contribution is -2.43. The van der Waals surface area contributed by atoms with Crippen molar-refractivity contribution in [3.8, 4) is 0 Å². The predicted octanol–water partition coefficient (Wildman–Crippen LogP) is 3.63. The lowest BCUT2D eigenvalue weighted by atomic mass is 9.79. The van der Waals surface area contributed by atoms with Gasteiger partial charge in [-0.3, -0.25) is 4.90 Å². The second kappa shape index (κ2) is 4.52.